The minimum absolute atomic E-state index is 0.135. The van der Waals surface area contributed by atoms with E-state index in [1.54, 1.807) is 0 Å². The van der Waals surface area contributed by atoms with Crippen LogP contribution in [0.15, 0.2) is 24.3 Å². The molecule has 0 saturated carbocycles. The van der Waals surface area contributed by atoms with E-state index < -0.39 is 69.4 Å². The maximum Gasteiger partial charge on any atom is 0.432 e. The van der Waals surface area contributed by atoms with Crippen molar-refractivity contribution >= 4 is 0 Å². The maximum absolute atomic E-state index is 14.7. The van der Waals surface area contributed by atoms with Crippen LogP contribution in [-0.4, -0.2) is 19.8 Å². The van der Waals surface area contributed by atoms with Gasteiger partial charge in [0.15, 0.2) is 0 Å². The number of hydrogen-bond donors (Lipinski definition) is 0. The summed E-state index contributed by atoms with van der Waals surface area (Å²) in [6.45, 7) is 2.34. The fourth-order valence-corrected chi connectivity index (χ4v) is 4.10. The van der Waals surface area contributed by atoms with Gasteiger partial charge < -0.3 is 18.9 Å². The van der Waals surface area contributed by atoms with E-state index in [2.05, 4.69) is 4.74 Å². The van der Waals surface area contributed by atoms with Gasteiger partial charge in [-0.15, -0.1) is 0 Å². The molecule has 0 unspecified atom stereocenters. The van der Waals surface area contributed by atoms with Crippen molar-refractivity contribution in [2.24, 2.45) is 5.41 Å². The van der Waals surface area contributed by atoms with E-state index in [0.29, 0.717) is 18.6 Å². The Bertz CT molecular complexity index is 1060. The summed E-state index contributed by atoms with van der Waals surface area (Å²) in [5.74, 6) is -11.7. The molecule has 3 saturated heterocycles. The molecule has 0 radical (unpaired) electrons. The Morgan fingerprint density at radius 1 is 0.771 bits per heavy atom. The van der Waals surface area contributed by atoms with Crippen LogP contribution in [0.5, 0.6) is 5.75 Å². The third kappa shape index (κ3) is 4.56. The predicted molar refractivity (Wildman–Crippen MR) is 99.1 cm³/mol. The van der Waals surface area contributed by atoms with Gasteiger partial charge in [-0.3, -0.25) is 0 Å². The van der Waals surface area contributed by atoms with E-state index in [1.807, 2.05) is 6.92 Å². The zero-order valence-electron chi connectivity index (χ0n) is 17.9. The maximum atomic E-state index is 14.7. The van der Waals surface area contributed by atoms with Gasteiger partial charge in [0.05, 0.1) is 19.8 Å². The van der Waals surface area contributed by atoms with Crippen LogP contribution in [0.4, 0.5) is 39.5 Å². The molecule has 0 amide bonds. The van der Waals surface area contributed by atoms with Crippen LogP contribution in [0, 0.1) is 28.7 Å². The molecule has 5 rings (SSSR count). The number of alkyl halides is 5. The molecule has 13 heteroatoms. The molecule has 3 fully saturated rings. The zero-order chi connectivity index (χ0) is 25.8. The lowest BCUT2D eigenvalue weighted by Gasteiger charge is -2.51. The van der Waals surface area contributed by atoms with E-state index in [-0.39, 0.29) is 32.0 Å². The molecule has 2 aromatic rings. The average molecular weight is 516 g/mol. The second-order valence-electron chi connectivity index (χ2n) is 8.37. The molecule has 35 heavy (non-hydrogen) atoms. The van der Waals surface area contributed by atoms with Gasteiger partial charge in [0.2, 0.25) is 0 Å². The second kappa shape index (κ2) is 8.56. The third-order valence-corrected chi connectivity index (χ3v) is 5.72. The first kappa shape index (κ1) is 25.6. The lowest BCUT2D eigenvalue weighted by molar-refractivity contribution is -0.480. The number of rotatable bonds is 6. The Labute approximate surface area is 192 Å². The van der Waals surface area contributed by atoms with Crippen LogP contribution < -0.4 is 4.74 Å². The van der Waals surface area contributed by atoms with Crippen LogP contribution >= 0.6 is 0 Å². The van der Waals surface area contributed by atoms with Crippen molar-refractivity contribution < 1.29 is 58.5 Å². The van der Waals surface area contributed by atoms with Crippen molar-refractivity contribution in [3.8, 4) is 5.75 Å². The van der Waals surface area contributed by atoms with Crippen LogP contribution in [0.1, 0.15) is 36.5 Å². The molecule has 0 aliphatic carbocycles. The smallest absolute Gasteiger partial charge is 0.429 e. The molecule has 2 aromatic carbocycles. The Kier molecular flexibility index (Phi) is 6.25. The molecule has 4 nitrogen and oxygen atoms in total. The highest BCUT2D eigenvalue weighted by Gasteiger charge is 2.54. The minimum atomic E-state index is -5.46. The molecular weight excluding hydrogens is 499 g/mol. The zero-order valence-corrected chi connectivity index (χ0v) is 17.9. The highest BCUT2D eigenvalue weighted by Crippen LogP contribution is 2.47. The summed E-state index contributed by atoms with van der Waals surface area (Å²) in [5.41, 5.74) is -5.13. The van der Waals surface area contributed by atoms with Gasteiger partial charge in [-0.2, -0.15) is 22.0 Å². The normalized spacial score (nSPS) is 24.6. The summed E-state index contributed by atoms with van der Waals surface area (Å²) in [6.07, 6.45) is -8.84. The topological polar surface area (TPSA) is 36.9 Å². The van der Waals surface area contributed by atoms with Crippen molar-refractivity contribution in [2.45, 2.75) is 38.0 Å². The van der Waals surface area contributed by atoms with Crippen LogP contribution in [0.3, 0.4) is 0 Å². The summed E-state index contributed by atoms with van der Waals surface area (Å²) < 4.78 is 145. The van der Waals surface area contributed by atoms with Gasteiger partial charge in [-0.05, 0) is 18.6 Å². The van der Waals surface area contributed by atoms with E-state index in [4.69, 9.17) is 14.2 Å². The SMILES string of the molecule is CCCC12COC(c3cc(F)c(C(F)(F)Oc4cc(F)c(C(F)(F)F)c(F)c4)c(F)c3)(OC1)OC2. The molecule has 0 N–H and O–H groups in total. The standard InChI is InChI=1S/C22H17F9O4/c1-2-3-19-8-32-22(33-9-19,34-10-19)11-4-13(23)18(14(24)5-11)21(30,31)35-12-6-15(25)17(16(26)7-12)20(27,28)29/h4-7H,2-3,8-10H2,1H3. The minimum Gasteiger partial charge on any atom is -0.429 e. The summed E-state index contributed by atoms with van der Waals surface area (Å²) in [7, 11) is 0. The summed E-state index contributed by atoms with van der Waals surface area (Å²) in [5, 5.41) is 0. The van der Waals surface area contributed by atoms with Crippen molar-refractivity contribution in [1.82, 2.24) is 0 Å². The highest BCUT2D eigenvalue weighted by molar-refractivity contribution is 5.35. The van der Waals surface area contributed by atoms with Crippen molar-refractivity contribution in [1.29, 1.82) is 0 Å². The van der Waals surface area contributed by atoms with Crippen molar-refractivity contribution in [3.05, 3.63) is 64.2 Å². The summed E-state index contributed by atoms with van der Waals surface area (Å²) in [4.78, 5) is 0. The first-order valence-electron chi connectivity index (χ1n) is 10.3. The predicted octanol–water partition coefficient (Wildman–Crippen LogP) is 6.36. The second-order valence-corrected chi connectivity index (χ2v) is 8.37. The molecule has 0 aromatic heterocycles. The highest BCUT2D eigenvalue weighted by atomic mass is 19.4. The fraction of sp³-hybridized carbons (Fsp3) is 0.455. The molecule has 2 bridgehead atoms. The van der Waals surface area contributed by atoms with Gasteiger partial charge >= 0.3 is 18.3 Å². The van der Waals surface area contributed by atoms with Crippen LogP contribution in [-0.2, 0) is 32.5 Å². The number of ether oxygens (including phenoxy) is 4. The first-order chi connectivity index (χ1) is 16.2. The van der Waals surface area contributed by atoms with E-state index in [0.717, 1.165) is 6.42 Å². The molecule has 3 aliphatic heterocycles. The number of fused-ring (bicyclic) bond motifs is 3. The molecule has 3 heterocycles. The summed E-state index contributed by atoms with van der Waals surface area (Å²) in [6, 6.07) is 0.569. The Morgan fingerprint density at radius 2 is 1.23 bits per heavy atom. The Hall–Kier alpha value is -2.51. The summed E-state index contributed by atoms with van der Waals surface area (Å²) >= 11 is 0. The van der Waals surface area contributed by atoms with Gasteiger partial charge in [0.25, 0.3) is 0 Å². The van der Waals surface area contributed by atoms with E-state index in [1.165, 1.54) is 0 Å². The van der Waals surface area contributed by atoms with E-state index in [9.17, 15) is 39.5 Å². The average Bonchev–Trinajstić information content (AvgIpc) is 2.72. The molecular formula is C22H17F9O4. The van der Waals surface area contributed by atoms with Crippen molar-refractivity contribution in [2.75, 3.05) is 19.8 Å². The molecule has 192 valence electrons. The van der Waals surface area contributed by atoms with Gasteiger partial charge in [-0.1, -0.05) is 13.3 Å². The number of benzene rings is 2. The first-order valence-corrected chi connectivity index (χ1v) is 10.3. The molecule has 0 atom stereocenters. The van der Waals surface area contributed by atoms with Gasteiger partial charge in [-0.25, -0.2) is 17.6 Å². The van der Waals surface area contributed by atoms with E-state index >= 15 is 0 Å². The van der Waals surface area contributed by atoms with Crippen molar-refractivity contribution in [3.63, 3.8) is 0 Å². The number of hydrogen-bond acceptors (Lipinski definition) is 4. The lowest BCUT2D eigenvalue weighted by Crippen LogP contribution is -2.58. The largest absolute Gasteiger partial charge is 0.432 e. The molecule has 3 aliphatic rings. The monoisotopic (exact) mass is 516 g/mol. The van der Waals surface area contributed by atoms with Gasteiger partial charge in [0, 0.05) is 23.1 Å². The quantitative estimate of drug-likeness (QED) is 0.419. The number of halogens is 9. The fourth-order valence-electron chi connectivity index (χ4n) is 4.10. The van der Waals surface area contributed by atoms with Gasteiger partial charge in [0.1, 0.15) is 40.1 Å². The third-order valence-electron chi connectivity index (χ3n) is 5.72. The Morgan fingerprint density at radius 3 is 1.66 bits per heavy atom. The van der Waals surface area contributed by atoms with Crippen LogP contribution in [0.25, 0.3) is 0 Å². The lowest BCUT2D eigenvalue weighted by atomic mass is 9.83. The van der Waals surface area contributed by atoms with Crippen LogP contribution in [0.2, 0.25) is 0 Å². The molecule has 0 spiro atoms. The Balaban J connectivity index is 1.62.